The second-order valence-electron chi connectivity index (χ2n) is 7.08. The van der Waals surface area contributed by atoms with Crippen molar-refractivity contribution < 1.29 is 17.9 Å². The van der Waals surface area contributed by atoms with Crippen LogP contribution in [0, 0.1) is 13.8 Å². The third-order valence-electron chi connectivity index (χ3n) is 5.19. The van der Waals surface area contributed by atoms with Crippen molar-refractivity contribution in [1.29, 1.82) is 0 Å². The number of ether oxygens (including phenoxy) is 1. The number of rotatable bonds is 7. The quantitative estimate of drug-likeness (QED) is 0.618. The van der Waals surface area contributed by atoms with Crippen molar-refractivity contribution in [2.45, 2.75) is 38.5 Å². The van der Waals surface area contributed by atoms with Crippen LogP contribution in [0.5, 0.6) is 5.88 Å². The maximum absolute atomic E-state index is 12.6. The molecule has 1 amide bonds. The summed E-state index contributed by atoms with van der Waals surface area (Å²) in [4.78, 5) is 17.4. The van der Waals surface area contributed by atoms with Gasteiger partial charge in [0.2, 0.25) is 11.8 Å². The standard InChI is InChI=1S/C21H26N4O4S/c1-6-30(27,28)17-10-8-7-9-16(17)23-18(26)12-11-15-13(2)19-20(22-14(15)3)25(4)24-21(19)29-5/h7-10H,6,11-12H2,1-5H3,(H,23,26). The lowest BCUT2D eigenvalue weighted by Gasteiger charge is -2.13. The number of hydrogen-bond acceptors (Lipinski definition) is 6. The highest BCUT2D eigenvalue weighted by Crippen LogP contribution is 2.30. The molecular weight excluding hydrogens is 404 g/mol. The molecule has 0 atom stereocenters. The van der Waals surface area contributed by atoms with Crippen molar-refractivity contribution in [2.24, 2.45) is 7.05 Å². The van der Waals surface area contributed by atoms with Crippen molar-refractivity contribution in [3.8, 4) is 5.88 Å². The molecule has 0 aliphatic carbocycles. The second kappa shape index (κ2) is 8.43. The molecule has 1 N–H and O–H groups in total. The molecule has 0 spiro atoms. The van der Waals surface area contributed by atoms with Gasteiger partial charge in [0.15, 0.2) is 15.5 Å². The van der Waals surface area contributed by atoms with E-state index in [9.17, 15) is 13.2 Å². The predicted molar refractivity (Wildman–Crippen MR) is 116 cm³/mol. The number of fused-ring (bicyclic) bond motifs is 1. The van der Waals surface area contributed by atoms with E-state index in [1.165, 1.54) is 6.07 Å². The van der Waals surface area contributed by atoms with Crippen LogP contribution in [-0.4, -0.2) is 42.0 Å². The number of carbonyl (C=O) groups excluding carboxylic acids is 1. The number of methoxy groups -OCH3 is 1. The Hall–Kier alpha value is -2.94. The summed E-state index contributed by atoms with van der Waals surface area (Å²) in [6.07, 6.45) is 0.658. The first-order valence-electron chi connectivity index (χ1n) is 9.68. The Kier molecular flexibility index (Phi) is 6.12. The minimum atomic E-state index is -3.43. The molecule has 0 fully saturated rings. The van der Waals surface area contributed by atoms with Crippen molar-refractivity contribution in [2.75, 3.05) is 18.2 Å². The van der Waals surface area contributed by atoms with E-state index in [0.29, 0.717) is 18.0 Å². The van der Waals surface area contributed by atoms with Crippen LogP contribution in [0.2, 0.25) is 0 Å². The van der Waals surface area contributed by atoms with Gasteiger partial charge in [-0.15, -0.1) is 5.10 Å². The monoisotopic (exact) mass is 430 g/mol. The maximum atomic E-state index is 12.6. The smallest absolute Gasteiger partial charge is 0.242 e. The molecule has 0 saturated carbocycles. The largest absolute Gasteiger partial charge is 0.479 e. The highest BCUT2D eigenvalue weighted by molar-refractivity contribution is 7.91. The van der Waals surface area contributed by atoms with E-state index in [1.807, 2.05) is 20.9 Å². The Labute approximate surface area is 176 Å². The summed E-state index contributed by atoms with van der Waals surface area (Å²) in [5, 5.41) is 7.92. The van der Waals surface area contributed by atoms with Gasteiger partial charge in [0.25, 0.3) is 0 Å². The third-order valence-corrected chi connectivity index (χ3v) is 6.98. The Bertz CT molecular complexity index is 1220. The van der Waals surface area contributed by atoms with E-state index in [1.54, 1.807) is 36.9 Å². The van der Waals surface area contributed by atoms with Crippen LogP contribution in [0.1, 0.15) is 30.2 Å². The summed E-state index contributed by atoms with van der Waals surface area (Å²) in [7, 11) is -0.0560. The number of aromatic nitrogens is 3. The van der Waals surface area contributed by atoms with Crippen LogP contribution in [0.25, 0.3) is 11.0 Å². The number of sulfone groups is 1. The van der Waals surface area contributed by atoms with E-state index < -0.39 is 9.84 Å². The number of pyridine rings is 1. The molecule has 0 radical (unpaired) electrons. The van der Waals surface area contributed by atoms with Gasteiger partial charge in [-0.25, -0.2) is 18.1 Å². The average Bonchev–Trinajstić information content (AvgIpc) is 3.03. The van der Waals surface area contributed by atoms with Crippen LogP contribution in [-0.2, 0) is 28.1 Å². The first-order valence-corrected chi connectivity index (χ1v) is 11.3. The fraction of sp³-hybridized carbons (Fsp3) is 0.381. The molecule has 9 heteroatoms. The molecule has 30 heavy (non-hydrogen) atoms. The molecule has 1 aromatic carbocycles. The number of benzene rings is 1. The number of aryl methyl sites for hydroxylation is 3. The van der Waals surface area contributed by atoms with Crippen LogP contribution in [0.3, 0.4) is 0 Å². The molecule has 3 rings (SSSR count). The second-order valence-corrected chi connectivity index (χ2v) is 9.33. The summed E-state index contributed by atoms with van der Waals surface area (Å²) >= 11 is 0. The van der Waals surface area contributed by atoms with E-state index >= 15 is 0 Å². The van der Waals surface area contributed by atoms with E-state index in [4.69, 9.17) is 4.74 Å². The molecule has 8 nitrogen and oxygen atoms in total. The van der Waals surface area contributed by atoms with Gasteiger partial charge in [-0.2, -0.15) is 0 Å². The van der Waals surface area contributed by atoms with E-state index in [0.717, 1.165) is 27.9 Å². The Morgan fingerprint density at radius 3 is 2.60 bits per heavy atom. The SMILES string of the molecule is CCS(=O)(=O)c1ccccc1NC(=O)CCc1c(C)nc2c(c(OC)nn2C)c1C. The van der Waals surface area contributed by atoms with Crippen LogP contribution in [0.15, 0.2) is 29.2 Å². The lowest BCUT2D eigenvalue weighted by atomic mass is 10.00. The van der Waals surface area contributed by atoms with Gasteiger partial charge in [-0.05, 0) is 43.5 Å². The Morgan fingerprint density at radius 1 is 1.23 bits per heavy atom. The number of carbonyl (C=O) groups is 1. The number of para-hydroxylation sites is 1. The zero-order chi connectivity index (χ0) is 22.1. The molecule has 0 aliphatic heterocycles. The molecule has 2 heterocycles. The highest BCUT2D eigenvalue weighted by atomic mass is 32.2. The molecule has 0 unspecified atom stereocenters. The summed E-state index contributed by atoms with van der Waals surface area (Å²) in [5.41, 5.74) is 3.80. The lowest BCUT2D eigenvalue weighted by Crippen LogP contribution is -2.16. The lowest BCUT2D eigenvalue weighted by molar-refractivity contribution is -0.116. The predicted octanol–water partition coefficient (Wildman–Crippen LogP) is 2.96. The Morgan fingerprint density at radius 2 is 1.93 bits per heavy atom. The first kappa shape index (κ1) is 21.8. The minimum Gasteiger partial charge on any atom is -0.479 e. The molecule has 0 aliphatic rings. The van der Waals surface area contributed by atoms with Gasteiger partial charge in [0.05, 0.1) is 28.8 Å². The fourth-order valence-electron chi connectivity index (χ4n) is 3.56. The minimum absolute atomic E-state index is 0.0309. The number of amides is 1. The average molecular weight is 431 g/mol. The van der Waals surface area contributed by atoms with Crippen LogP contribution >= 0.6 is 0 Å². The van der Waals surface area contributed by atoms with Crippen LogP contribution in [0.4, 0.5) is 5.69 Å². The molecule has 3 aromatic rings. The van der Waals surface area contributed by atoms with Crippen LogP contribution < -0.4 is 10.1 Å². The summed E-state index contributed by atoms with van der Waals surface area (Å²) < 4.78 is 31.6. The number of hydrogen-bond donors (Lipinski definition) is 1. The third kappa shape index (κ3) is 4.02. The van der Waals surface area contributed by atoms with Crippen molar-refractivity contribution >= 4 is 32.5 Å². The van der Waals surface area contributed by atoms with Crippen molar-refractivity contribution in [3.63, 3.8) is 0 Å². The molecule has 160 valence electrons. The van der Waals surface area contributed by atoms with Gasteiger partial charge < -0.3 is 10.1 Å². The highest BCUT2D eigenvalue weighted by Gasteiger charge is 2.20. The summed E-state index contributed by atoms with van der Waals surface area (Å²) in [6.45, 7) is 5.45. The van der Waals surface area contributed by atoms with Gasteiger partial charge in [-0.1, -0.05) is 19.1 Å². The van der Waals surface area contributed by atoms with Crippen molar-refractivity contribution in [1.82, 2.24) is 14.8 Å². The van der Waals surface area contributed by atoms with E-state index in [2.05, 4.69) is 15.4 Å². The van der Waals surface area contributed by atoms with Gasteiger partial charge in [-0.3, -0.25) is 4.79 Å². The molecule has 2 aromatic heterocycles. The van der Waals surface area contributed by atoms with Crippen molar-refractivity contribution in [3.05, 3.63) is 41.1 Å². The zero-order valence-electron chi connectivity index (χ0n) is 17.8. The maximum Gasteiger partial charge on any atom is 0.242 e. The number of nitrogens with zero attached hydrogens (tertiary/aromatic N) is 3. The first-order chi connectivity index (χ1) is 14.2. The molecule has 0 bridgehead atoms. The molecule has 0 saturated heterocycles. The van der Waals surface area contributed by atoms with Gasteiger partial charge in [0, 0.05) is 19.2 Å². The van der Waals surface area contributed by atoms with Gasteiger partial charge in [0.1, 0.15) is 0 Å². The fourth-order valence-corrected chi connectivity index (χ4v) is 4.61. The Balaban J connectivity index is 1.83. The van der Waals surface area contributed by atoms with Gasteiger partial charge >= 0.3 is 0 Å². The zero-order valence-corrected chi connectivity index (χ0v) is 18.6. The molecular formula is C21H26N4O4S. The number of anilines is 1. The normalized spacial score (nSPS) is 11.6. The number of nitrogens with one attached hydrogen (secondary N) is 1. The summed E-state index contributed by atoms with van der Waals surface area (Å²) in [6, 6.07) is 6.46. The summed E-state index contributed by atoms with van der Waals surface area (Å²) in [5.74, 6) is 0.212. The topological polar surface area (TPSA) is 103 Å². The van der Waals surface area contributed by atoms with E-state index in [-0.39, 0.29) is 23.0 Å².